The molecule has 0 fully saturated rings. The monoisotopic (exact) mass is 787 g/mol. The van der Waals surface area contributed by atoms with Gasteiger partial charge in [-0.15, -0.1) is 0 Å². The first kappa shape index (κ1) is 52.5. The summed E-state index contributed by atoms with van der Waals surface area (Å²) in [6, 6.07) is 0. The summed E-state index contributed by atoms with van der Waals surface area (Å²) in [7, 11) is 1.46. The molecule has 0 heterocycles. The van der Waals surface area contributed by atoms with E-state index in [-0.39, 0.29) is 32.0 Å². The number of carbonyl (C=O) groups excluding carboxylic acids is 2. The second-order valence-electron chi connectivity index (χ2n) is 16.1. The number of hydrogen-bond donors (Lipinski definition) is 1. The first-order valence-electron chi connectivity index (χ1n) is 22.1. The third-order valence-electron chi connectivity index (χ3n) is 9.48. The van der Waals surface area contributed by atoms with Gasteiger partial charge >= 0.3 is 19.8 Å². The Hall–Kier alpha value is -1.51. The van der Waals surface area contributed by atoms with Crippen LogP contribution in [0, 0.1) is 0 Å². The number of ether oxygens (including phenoxy) is 2. The minimum absolute atomic E-state index is 0.0263. The van der Waals surface area contributed by atoms with Gasteiger partial charge in [-0.05, 0) is 38.5 Å². The second kappa shape index (κ2) is 37.1. The number of hydrogen-bond acceptors (Lipinski definition) is 7. The van der Waals surface area contributed by atoms with E-state index in [0.29, 0.717) is 17.4 Å². The average molecular weight is 787 g/mol. The number of nitrogens with zero attached hydrogens (tertiary/aromatic N) is 1. The molecule has 0 spiro atoms. The highest BCUT2D eigenvalue weighted by Crippen LogP contribution is 2.43. The summed E-state index contributed by atoms with van der Waals surface area (Å²) in [5.74, 6) is -0.845. The molecule has 0 aromatic rings. The van der Waals surface area contributed by atoms with Gasteiger partial charge in [0.15, 0.2) is 6.10 Å². The van der Waals surface area contributed by atoms with Crippen LogP contribution in [0.25, 0.3) is 0 Å². The number of phosphoric ester groups is 1. The molecule has 1 N–H and O–H groups in total. The average Bonchev–Trinajstić information content (AvgIpc) is 3.12. The molecule has 0 aliphatic carbocycles. The van der Waals surface area contributed by atoms with Gasteiger partial charge in [0.05, 0.1) is 27.7 Å². The van der Waals surface area contributed by atoms with E-state index in [1.807, 2.05) is 21.1 Å². The fraction of sp³-hybridized carbons (Fsp3) is 0.864. The fourth-order valence-corrected chi connectivity index (χ4v) is 6.74. The summed E-state index contributed by atoms with van der Waals surface area (Å²) in [6.07, 6.45) is 39.5. The standard InChI is InChI=1S/C44H84NO8P/c1-6-8-10-12-14-16-18-20-21-22-23-25-27-29-31-33-35-37-44(47)53-42(41-52-54(48,49)51-39-38-45(3,4)5)40-50-43(46)36-34-32-30-28-26-24-19-17-15-13-11-9-7-2/h23,25,29,31,42H,6-22,24,26-28,30,32-41H2,1-5H3/p+1/b25-23+,31-29+/t42-/m1/s1. The Kier molecular flexibility index (Phi) is 36.1. The highest BCUT2D eigenvalue weighted by atomic mass is 31.2. The summed E-state index contributed by atoms with van der Waals surface area (Å²) in [5, 5.41) is 0. The van der Waals surface area contributed by atoms with Crippen molar-refractivity contribution in [2.75, 3.05) is 47.5 Å². The summed E-state index contributed by atoms with van der Waals surface area (Å²) in [6.45, 7) is 4.38. The zero-order valence-electron chi connectivity index (χ0n) is 35.7. The van der Waals surface area contributed by atoms with Crippen molar-refractivity contribution in [2.45, 2.75) is 200 Å². The number of allylic oxidation sites excluding steroid dienone is 4. The van der Waals surface area contributed by atoms with E-state index in [4.69, 9.17) is 18.5 Å². The van der Waals surface area contributed by atoms with E-state index < -0.39 is 26.5 Å². The van der Waals surface area contributed by atoms with Gasteiger partial charge in [0.25, 0.3) is 0 Å². The Morgan fingerprint density at radius 1 is 0.574 bits per heavy atom. The van der Waals surface area contributed by atoms with Crippen molar-refractivity contribution in [3.8, 4) is 0 Å². The molecule has 0 saturated heterocycles. The Morgan fingerprint density at radius 2 is 1.02 bits per heavy atom. The molecule has 0 radical (unpaired) electrons. The normalized spacial score (nSPS) is 13.8. The second-order valence-corrected chi connectivity index (χ2v) is 17.5. The van der Waals surface area contributed by atoms with Crippen molar-refractivity contribution in [1.82, 2.24) is 0 Å². The van der Waals surface area contributed by atoms with E-state index in [0.717, 1.165) is 38.5 Å². The lowest BCUT2D eigenvalue weighted by molar-refractivity contribution is -0.870. The predicted octanol–water partition coefficient (Wildman–Crippen LogP) is 12.4. The van der Waals surface area contributed by atoms with Crippen molar-refractivity contribution < 1.29 is 42.1 Å². The van der Waals surface area contributed by atoms with Crippen molar-refractivity contribution in [2.24, 2.45) is 0 Å². The Bertz CT molecular complexity index is 980. The van der Waals surface area contributed by atoms with Gasteiger partial charge in [-0.3, -0.25) is 18.6 Å². The van der Waals surface area contributed by atoms with Crippen LogP contribution in [-0.4, -0.2) is 74.9 Å². The van der Waals surface area contributed by atoms with Crippen LogP contribution in [0.4, 0.5) is 0 Å². The van der Waals surface area contributed by atoms with Gasteiger partial charge in [-0.2, -0.15) is 0 Å². The molecule has 0 aliphatic rings. The fourth-order valence-electron chi connectivity index (χ4n) is 5.99. The third kappa shape index (κ3) is 40.2. The van der Waals surface area contributed by atoms with Crippen molar-refractivity contribution in [1.29, 1.82) is 0 Å². The molecule has 0 aromatic carbocycles. The van der Waals surface area contributed by atoms with E-state index >= 15 is 0 Å². The number of esters is 2. The largest absolute Gasteiger partial charge is 0.472 e. The number of phosphoric acid groups is 1. The number of unbranched alkanes of at least 4 members (excludes halogenated alkanes) is 22. The van der Waals surface area contributed by atoms with Crippen LogP contribution in [0.15, 0.2) is 24.3 Å². The molecule has 0 saturated carbocycles. The Balaban J connectivity index is 4.41. The summed E-state index contributed by atoms with van der Waals surface area (Å²) >= 11 is 0. The topological polar surface area (TPSA) is 108 Å². The maximum absolute atomic E-state index is 12.7. The lowest BCUT2D eigenvalue weighted by Crippen LogP contribution is -2.37. The minimum Gasteiger partial charge on any atom is -0.462 e. The summed E-state index contributed by atoms with van der Waals surface area (Å²) in [4.78, 5) is 35.3. The molecule has 9 nitrogen and oxygen atoms in total. The van der Waals surface area contributed by atoms with Crippen molar-refractivity contribution in [3.05, 3.63) is 24.3 Å². The molecule has 1 unspecified atom stereocenters. The minimum atomic E-state index is -4.38. The zero-order chi connectivity index (χ0) is 40.0. The lowest BCUT2D eigenvalue weighted by atomic mass is 10.0. The summed E-state index contributed by atoms with van der Waals surface area (Å²) in [5.41, 5.74) is 0. The molecule has 318 valence electrons. The van der Waals surface area contributed by atoms with Gasteiger partial charge in [-0.25, -0.2) is 4.57 Å². The van der Waals surface area contributed by atoms with Crippen LogP contribution in [0.3, 0.4) is 0 Å². The zero-order valence-corrected chi connectivity index (χ0v) is 36.6. The molecular formula is C44H85NO8P+. The van der Waals surface area contributed by atoms with E-state index in [1.54, 1.807) is 0 Å². The van der Waals surface area contributed by atoms with Crippen LogP contribution in [0.2, 0.25) is 0 Å². The molecule has 2 atom stereocenters. The lowest BCUT2D eigenvalue weighted by Gasteiger charge is -2.24. The highest BCUT2D eigenvalue weighted by molar-refractivity contribution is 7.47. The maximum Gasteiger partial charge on any atom is 0.472 e. The van der Waals surface area contributed by atoms with Crippen molar-refractivity contribution >= 4 is 19.8 Å². The number of rotatable bonds is 40. The number of likely N-dealkylation sites (N-methyl/N-ethyl adjacent to an activating group) is 1. The van der Waals surface area contributed by atoms with Gasteiger partial charge in [0, 0.05) is 12.8 Å². The van der Waals surface area contributed by atoms with Gasteiger partial charge in [0.1, 0.15) is 19.8 Å². The first-order valence-corrected chi connectivity index (χ1v) is 23.6. The van der Waals surface area contributed by atoms with E-state index in [1.165, 1.54) is 122 Å². The Labute approximate surface area is 332 Å². The van der Waals surface area contributed by atoms with Gasteiger partial charge < -0.3 is 18.9 Å². The molecule has 0 amide bonds. The SMILES string of the molecule is CCCCCCCCCCC/C=C/C/C=C/CCCC(=O)O[C@H](COC(=O)CCCCCCCCCCCCCCC)COP(=O)(O)OCC[N+](C)(C)C. The molecule has 0 aromatic heterocycles. The van der Waals surface area contributed by atoms with Crippen LogP contribution in [0.5, 0.6) is 0 Å². The van der Waals surface area contributed by atoms with Crippen LogP contribution < -0.4 is 0 Å². The Morgan fingerprint density at radius 3 is 1.52 bits per heavy atom. The van der Waals surface area contributed by atoms with Crippen LogP contribution in [-0.2, 0) is 32.7 Å². The molecule has 0 aliphatic heterocycles. The molecule has 10 heteroatoms. The molecule has 54 heavy (non-hydrogen) atoms. The van der Waals surface area contributed by atoms with E-state index in [9.17, 15) is 19.0 Å². The predicted molar refractivity (Wildman–Crippen MR) is 224 cm³/mol. The van der Waals surface area contributed by atoms with Gasteiger partial charge in [-0.1, -0.05) is 167 Å². The third-order valence-corrected chi connectivity index (χ3v) is 10.5. The quantitative estimate of drug-likeness (QED) is 0.0215. The van der Waals surface area contributed by atoms with Crippen LogP contribution in [0.1, 0.15) is 194 Å². The number of quaternary nitrogens is 1. The van der Waals surface area contributed by atoms with Crippen LogP contribution >= 0.6 is 7.82 Å². The number of carbonyl (C=O) groups is 2. The van der Waals surface area contributed by atoms with Crippen molar-refractivity contribution in [3.63, 3.8) is 0 Å². The highest BCUT2D eigenvalue weighted by Gasteiger charge is 2.27. The van der Waals surface area contributed by atoms with Gasteiger partial charge in [0.2, 0.25) is 0 Å². The first-order chi connectivity index (χ1) is 26.0. The van der Waals surface area contributed by atoms with E-state index in [2.05, 4.69) is 38.2 Å². The summed E-state index contributed by atoms with van der Waals surface area (Å²) < 4.78 is 34.2. The maximum atomic E-state index is 12.7. The molecule has 0 bridgehead atoms. The molecular weight excluding hydrogens is 701 g/mol. The smallest absolute Gasteiger partial charge is 0.462 e. The molecule has 0 rings (SSSR count).